The van der Waals surface area contributed by atoms with Crippen LogP contribution in [0.1, 0.15) is 69.8 Å². The van der Waals surface area contributed by atoms with Crippen LogP contribution in [0.15, 0.2) is 53.6 Å². The van der Waals surface area contributed by atoms with E-state index in [0.29, 0.717) is 18.8 Å². The van der Waals surface area contributed by atoms with E-state index in [-0.39, 0.29) is 17.6 Å². The molecule has 3 heterocycles. The van der Waals surface area contributed by atoms with Crippen LogP contribution in [-0.2, 0) is 17.8 Å². The Morgan fingerprint density at radius 2 is 1.95 bits per heavy atom. The van der Waals surface area contributed by atoms with Crippen LogP contribution in [0.4, 0.5) is 0 Å². The Labute approximate surface area is 227 Å². The lowest BCUT2D eigenvalue weighted by molar-refractivity contribution is -0.145. The number of pyridine rings is 1. The van der Waals surface area contributed by atoms with Gasteiger partial charge in [0.15, 0.2) is 0 Å². The Kier molecular flexibility index (Phi) is 7.99. The Bertz CT molecular complexity index is 1460. The molecule has 39 heavy (non-hydrogen) atoms. The zero-order valence-electron chi connectivity index (χ0n) is 22.5. The molecule has 2 N–H and O–H groups in total. The van der Waals surface area contributed by atoms with E-state index >= 15 is 0 Å². The number of rotatable bonds is 10. The van der Waals surface area contributed by atoms with E-state index in [4.69, 9.17) is 4.98 Å². The smallest absolute Gasteiger partial charge is 0.328 e. The average molecular weight is 530 g/mol. The van der Waals surface area contributed by atoms with Crippen LogP contribution in [0.2, 0.25) is 0 Å². The van der Waals surface area contributed by atoms with Crippen LogP contribution >= 0.6 is 0 Å². The second kappa shape index (κ2) is 11.8. The van der Waals surface area contributed by atoms with Gasteiger partial charge in [-0.1, -0.05) is 63.4 Å². The van der Waals surface area contributed by atoms with Gasteiger partial charge in [0.2, 0.25) is 5.82 Å². The molecule has 0 amide bonds. The van der Waals surface area contributed by atoms with Crippen molar-refractivity contribution >= 4 is 5.97 Å². The van der Waals surface area contributed by atoms with E-state index in [0.717, 1.165) is 66.6 Å². The lowest BCUT2D eigenvalue weighted by Gasteiger charge is -2.36. The van der Waals surface area contributed by atoms with Crippen molar-refractivity contribution in [2.75, 3.05) is 0 Å². The van der Waals surface area contributed by atoms with Crippen LogP contribution in [0.5, 0.6) is 0 Å². The highest BCUT2D eigenvalue weighted by atomic mass is 16.4. The number of tetrazole rings is 1. The Morgan fingerprint density at radius 1 is 1.13 bits per heavy atom. The maximum Gasteiger partial charge on any atom is 0.328 e. The zero-order chi connectivity index (χ0) is 27.4. The van der Waals surface area contributed by atoms with Gasteiger partial charge in [-0.2, -0.15) is 5.21 Å². The first-order valence-corrected chi connectivity index (χ1v) is 13.8. The number of aromatic nitrogens is 7. The zero-order valence-corrected chi connectivity index (χ0v) is 22.5. The number of aliphatic carboxylic acids is 1. The molecule has 0 bridgehead atoms. The summed E-state index contributed by atoms with van der Waals surface area (Å²) in [7, 11) is 0. The van der Waals surface area contributed by atoms with Crippen LogP contribution in [0.25, 0.3) is 22.5 Å². The summed E-state index contributed by atoms with van der Waals surface area (Å²) in [6.45, 7) is 4.55. The summed E-state index contributed by atoms with van der Waals surface area (Å²) < 4.78 is 3.51. The molecule has 3 aromatic heterocycles. The van der Waals surface area contributed by atoms with E-state index in [1.54, 1.807) is 15.3 Å². The van der Waals surface area contributed by atoms with Crippen molar-refractivity contribution in [3.8, 4) is 22.5 Å². The molecule has 1 saturated carbocycles. The summed E-state index contributed by atoms with van der Waals surface area (Å²) in [4.78, 5) is 30.7. The minimum absolute atomic E-state index is 0.147. The van der Waals surface area contributed by atoms with Gasteiger partial charge in [-0.05, 0) is 48.4 Å². The monoisotopic (exact) mass is 529 g/mol. The summed E-state index contributed by atoms with van der Waals surface area (Å²) in [5, 5.41) is 24.4. The number of benzene rings is 1. The highest BCUT2D eigenvalue weighted by molar-refractivity contribution is 5.79. The highest BCUT2D eigenvalue weighted by Crippen LogP contribution is 2.40. The van der Waals surface area contributed by atoms with Gasteiger partial charge in [0.05, 0.1) is 24.2 Å². The number of imidazole rings is 1. The van der Waals surface area contributed by atoms with E-state index in [1.165, 1.54) is 0 Å². The first-order valence-electron chi connectivity index (χ1n) is 13.8. The predicted molar refractivity (Wildman–Crippen MR) is 147 cm³/mol. The van der Waals surface area contributed by atoms with Gasteiger partial charge in [0.25, 0.3) is 0 Å². The molecule has 10 nitrogen and oxygen atoms in total. The van der Waals surface area contributed by atoms with E-state index < -0.39 is 11.9 Å². The van der Waals surface area contributed by atoms with E-state index in [2.05, 4.69) is 34.5 Å². The van der Waals surface area contributed by atoms with Crippen molar-refractivity contribution in [1.82, 2.24) is 34.7 Å². The van der Waals surface area contributed by atoms with E-state index in [9.17, 15) is 14.7 Å². The molecular weight excluding hydrogens is 494 g/mol. The third-order valence-corrected chi connectivity index (χ3v) is 7.99. The summed E-state index contributed by atoms with van der Waals surface area (Å²) in [5.74, 6) is -0.681. The molecule has 4 aromatic rings. The fourth-order valence-corrected chi connectivity index (χ4v) is 5.94. The molecule has 3 atom stereocenters. The normalized spacial score (nSPS) is 19.3. The first-order chi connectivity index (χ1) is 19.0. The molecule has 5 rings (SSSR count). The number of unbranched alkanes of at least 4 members (excludes halogenated alkanes) is 1. The van der Waals surface area contributed by atoms with Crippen molar-refractivity contribution in [1.29, 1.82) is 0 Å². The number of carbonyl (C=O) groups is 1. The second-order valence-corrected chi connectivity index (χ2v) is 10.4. The van der Waals surface area contributed by atoms with Crippen molar-refractivity contribution in [3.63, 3.8) is 0 Å². The van der Waals surface area contributed by atoms with Crippen LogP contribution in [0, 0.1) is 11.8 Å². The number of hydrogen-bond acceptors (Lipinski definition) is 6. The number of carboxylic acid groups (broad SMARTS) is 1. The standard InChI is InChI=1S/C29H35N7O3/c1-3-5-10-22-18-36(26-19(4-2)9-8-13-25(26)28(37)38)29(39)35(22)17-21-15-14-20(16-30-21)23-11-6-7-12-24(23)27-31-33-34-32-27/h6-7,11-12,14-16,18-19,25-26H,3-5,8-10,13,17H2,1-2H3,(H,37,38)(H,31,32,33,34). The number of aromatic amines is 1. The fraction of sp³-hybridized carbons (Fsp3) is 0.448. The van der Waals surface area contributed by atoms with E-state index in [1.807, 2.05) is 42.6 Å². The molecule has 204 valence electrons. The molecule has 1 fully saturated rings. The maximum absolute atomic E-state index is 13.8. The molecule has 10 heteroatoms. The Balaban J connectivity index is 1.47. The molecule has 0 spiro atoms. The van der Waals surface area contributed by atoms with Crippen molar-refractivity contribution in [3.05, 3.63) is 70.7 Å². The third-order valence-electron chi connectivity index (χ3n) is 7.99. The molecule has 0 saturated heterocycles. The van der Waals surface area contributed by atoms with Crippen molar-refractivity contribution in [2.45, 2.75) is 71.4 Å². The number of hydrogen-bond donors (Lipinski definition) is 2. The number of aryl methyl sites for hydroxylation is 1. The SMILES string of the molecule is CCCCc1cn(C2C(CC)CCCC2C(=O)O)c(=O)n1Cc1ccc(-c2ccccc2-c2nn[nH]n2)cn1. The van der Waals surface area contributed by atoms with Gasteiger partial charge in [0, 0.05) is 29.2 Å². The van der Waals surface area contributed by atoms with Gasteiger partial charge in [-0.25, -0.2) is 4.79 Å². The quantitative estimate of drug-likeness (QED) is 0.303. The minimum atomic E-state index is -0.814. The average Bonchev–Trinajstić information content (AvgIpc) is 3.61. The molecule has 3 unspecified atom stereocenters. The highest BCUT2D eigenvalue weighted by Gasteiger charge is 2.39. The molecular formula is C29H35N7O3. The van der Waals surface area contributed by atoms with Gasteiger partial charge in [0.1, 0.15) is 0 Å². The Hall–Kier alpha value is -4.08. The number of carboxylic acids is 1. The summed E-state index contributed by atoms with van der Waals surface area (Å²) in [5.41, 5.74) is 4.24. The lowest BCUT2D eigenvalue weighted by atomic mass is 9.75. The van der Waals surface area contributed by atoms with Gasteiger partial charge < -0.3 is 5.11 Å². The molecule has 1 aliphatic carbocycles. The van der Waals surface area contributed by atoms with Gasteiger partial charge >= 0.3 is 11.7 Å². The number of nitrogens with one attached hydrogen (secondary N) is 1. The predicted octanol–water partition coefficient (Wildman–Crippen LogP) is 4.73. The number of H-pyrrole nitrogens is 1. The van der Waals surface area contributed by atoms with Crippen molar-refractivity contribution < 1.29 is 9.90 Å². The Morgan fingerprint density at radius 3 is 2.62 bits per heavy atom. The lowest BCUT2D eigenvalue weighted by Crippen LogP contribution is -2.40. The second-order valence-electron chi connectivity index (χ2n) is 10.4. The fourth-order valence-electron chi connectivity index (χ4n) is 5.94. The molecule has 0 radical (unpaired) electrons. The molecule has 1 aliphatic rings. The topological polar surface area (TPSA) is 132 Å². The van der Waals surface area contributed by atoms with Gasteiger partial charge in [-0.3, -0.25) is 18.9 Å². The van der Waals surface area contributed by atoms with Crippen molar-refractivity contribution in [2.24, 2.45) is 11.8 Å². The number of nitrogens with zero attached hydrogens (tertiary/aromatic N) is 6. The minimum Gasteiger partial charge on any atom is -0.481 e. The van der Waals surface area contributed by atoms with Gasteiger partial charge in [-0.15, -0.1) is 10.2 Å². The largest absolute Gasteiger partial charge is 0.481 e. The van der Waals surface area contributed by atoms with Crippen LogP contribution in [0.3, 0.4) is 0 Å². The third kappa shape index (κ3) is 5.41. The van der Waals surface area contributed by atoms with Crippen LogP contribution < -0.4 is 5.69 Å². The molecule has 0 aliphatic heterocycles. The van der Waals surface area contributed by atoms with Crippen LogP contribution in [-0.4, -0.2) is 45.8 Å². The summed E-state index contributed by atoms with van der Waals surface area (Å²) >= 11 is 0. The first kappa shape index (κ1) is 26.5. The maximum atomic E-state index is 13.8. The molecule has 1 aromatic carbocycles. The summed E-state index contributed by atoms with van der Waals surface area (Å²) in [6, 6.07) is 11.4. The summed E-state index contributed by atoms with van der Waals surface area (Å²) in [6.07, 6.45) is 9.72.